The van der Waals surface area contributed by atoms with E-state index >= 15 is 0 Å². The second-order valence-corrected chi connectivity index (χ2v) is 3.47. The van der Waals surface area contributed by atoms with E-state index < -0.39 is 0 Å². The molecule has 0 spiro atoms. The number of pyridine rings is 1. The smallest absolute Gasteiger partial charge is 0.218 e. The Morgan fingerprint density at radius 1 is 1.43 bits per heavy atom. The van der Waals surface area contributed by atoms with Gasteiger partial charge in [-0.2, -0.15) is 0 Å². The van der Waals surface area contributed by atoms with Crippen molar-refractivity contribution in [1.29, 1.82) is 0 Å². The maximum absolute atomic E-state index is 9.03. The van der Waals surface area contributed by atoms with Crippen molar-refractivity contribution in [3.05, 3.63) is 29.7 Å². The first kappa shape index (κ1) is 9.06. The van der Waals surface area contributed by atoms with E-state index in [0.717, 1.165) is 18.6 Å². The van der Waals surface area contributed by atoms with Crippen molar-refractivity contribution in [2.45, 2.75) is 26.2 Å². The van der Waals surface area contributed by atoms with Crippen molar-refractivity contribution in [2.75, 3.05) is 0 Å². The first-order valence-electron chi connectivity index (χ1n) is 4.77. The van der Waals surface area contributed by atoms with Gasteiger partial charge in [0, 0.05) is 6.07 Å². The summed E-state index contributed by atoms with van der Waals surface area (Å²) in [6, 6.07) is 3.24. The predicted octanol–water partition coefficient (Wildman–Crippen LogP) is 2.62. The third-order valence-corrected chi connectivity index (χ3v) is 2.43. The van der Waals surface area contributed by atoms with Crippen LogP contribution in [0.4, 0.5) is 0 Å². The fraction of sp³-hybridized carbons (Fsp3) is 0.364. The monoisotopic (exact) mass is 191 g/mol. The zero-order chi connectivity index (χ0) is 9.97. The zero-order valence-corrected chi connectivity index (χ0v) is 8.16. The number of allylic oxidation sites excluding steroid dienone is 2. The summed E-state index contributed by atoms with van der Waals surface area (Å²) in [4.78, 5) is 3.95. The minimum absolute atomic E-state index is 0.159. The van der Waals surface area contributed by atoms with Gasteiger partial charge in [-0.1, -0.05) is 0 Å². The number of hydrogen-bond acceptors (Lipinski definition) is 3. The Kier molecular flexibility index (Phi) is 2.39. The Morgan fingerprint density at radius 3 is 2.71 bits per heavy atom. The Hall–Kier alpha value is -1.51. The van der Waals surface area contributed by atoms with Gasteiger partial charge in [0.1, 0.15) is 11.5 Å². The van der Waals surface area contributed by atoms with Gasteiger partial charge in [0.05, 0.1) is 6.20 Å². The summed E-state index contributed by atoms with van der Waals surface area (Å²) in [6.07, 6.45) is 4.93. The van der Waals surface area contributed by atoms with Crippen LogP contribution in [0, 0.1) is 0 Å². The summed E-state index contributed by atoms with van der Waals surface area (Å²) in [7, 11) is 0. The summed E-state index contributed by atoms with van der Waals surface area (Å²) >= 11 is 0. The van der Waals surface area contributed by atoms with Crippen LogP contribution in [-0.2, 0) is 0 Å². The highest BCUT2D eigenvalue weighted by atomic mass is 16.5. The molecule has 1 aromatic heterocycles. The molecule has 1 fully saturated rings. The summed E-state index contributed by atoms with van der Waals surface area (Å²) in [5.41, 5.74) is 1.37. The lowest BCUT2D eigenvalue weighted by atomic mass is 9.92. The zero-order valence-electron chi connectivity index (χ0n) is 8.16. The maximum atomic E-state index is 9.03. The molecule has 1 saturated carbocycles. The molecule has 1 aliphatic rings. The quantitative estimate of drug-likeness (QED) is 0.730. The van der Waals surface area contributed by atoms with Crippen molar-refractivity contribution < 1.29 is 9.84 Å². The molecule has 0 amide bonds. The molecule has 0 aliphatic heterocycles. The highest BCUT2D eigenvalue weighted by molar-refractivity contribution is 5.24. The van der Waals surface area contributed by atoms with E-state index in [1.165, 1.54) is 18.2 Å². The van der Waals surface area contributed by atoms with Crippen molar-refractivity contribution in [3.8, 4) is 11.6 Å². The van der Waals surface area contributed by atoms with Crippen LogP contribution in [0.25, 0.3) is 0 Å². The summed E-state index contributed by atoms with van der Waals surface area (Å²) in [5.74, 6) is 1.65. The lowest BCUT2D eigenvalue weighted by Gasteiger charge is -2.19. The number of hydrogen-bond donors (Lipinski definition) is 1. The molecule has 1 aromatic rings. The van der Waals surface area contributed by atoms with Crippen LogP contribution in [0.15, 0.2) is 29.7 Å². The van der Waals surface area contributed by atoms with Crippen LogP contribution >= 0.6 is 0 Å². The molecule has 0 aromatic carbocycles. The van der Waals surface area contributed by atoms with Gasteiger partial charge in [0.15, 0.2) is 0 Å². The maximum Gasteiger partial charge on any atom is 0.218 e. The third-order valence-electron chi connectivity index (χ3n) is 2.43. The third kappa shape index (κ3) is 1.87. The summed E-state index contributed by atoms with van der Waals surface area (Å²) < 4.78 is 5.53. The van der Waals surface area contributed by atoms with Crippen molar-refractivity contribution in [1.82, 2.24) is 4.98 Å². The number of rotatable bonds is 2. The van der Waals surface area contributed by atoms with E-state index in [0.29, 0.717) is 5.88 Å². The van der Waals surface area contributed by atoms with Crippen LogP contribution in [0.1, 0.15) is 26.2 Å². The lowest BCUT2D eigenvalue weighted by molar-refractivity contribution is 0.386. The van der Waals surface area contributed by atoms with Crippen LogP contribution in [0.3, 0.4) is 0 Å². The van der Waals surface area contributed by atoms with E-state index in [9.17, 15) is 0 Å². The molecule has 1 heterocycles. The average Bonchev–Trinajstić information content (AvgIpc) is 2.06. The van der Waals surface area contributed by atoms with Crippen molar-refractivity contribution in [2.24, 2.45) is 0 Å². The molecule has 0 radical (unpaired) electrons. The molecular formula is C11H13NO2. The average molecular weight is 191 g/mol. The fourth-order valence-electron chi connectivity index (χ4n) is 1.37. The van der Waals surface area contributed by atoms with E-state index in [1.54, 1.807) is 12.1 Å². The fourth-order valence-corrected chi connectivity index (χ4v) is 1.37. The highest BCUT2D eigenvalue weighted by Crippen LogP contribution is 2.29. The minimum Gasteiger partial charge on any atom is -0.506 e. The van der Waals surface area contributed by atoms with Gasteiger partial charge in [-0.25, -0.2) is 4.98 Å². The standard InChI is InChI=1S/C11H13NO2/c1-8(9-3-2-4-9)14-11-6-5-10(13)7-12-11/h5-7,13H,2-4H2,1H3. The number of aromatic hydroxyl groups is 1. The first-order chi connectivity index (χ1) is 6.75. The van der Waals surface area contributed by atoms with Crippen LogP contribution < -0.4 is 4.74 Å². The minimum atomic E-state index is 0.159. The van der Waals surface area contributed by atoms with E-state index in [-0.39, 0.29) is 5.75 Å². The van der Waals surface area contributed by atoms with Gasteiger partial charge in [0.25, 0.3) is 0 Å². The molecule has 74 valence electrons. The molecule has 1 N–H and O–H groups in total. The molecule has 1 aliphatic carbocycles. The van der Waals surface area contributed by atoms with Gasteiger partial charge in [-0.3, -0.25) is 0 Å². The molecule has 3 nitrogen and oxygen atoms in total. The Labute approximate surface area is 83.1 Å². The predicted molar refractivity (Wildman–Crippen MR) is 53.1 cm³/mol. The molecule has 0 bridgehead atoms. The van der Waals surface area contributed by atoms with E-state index in [4.69, 9.17) is 9.84 Å². The number of ether oxygens (including phenoxy) is 1. The summed E-state index contributed by atoms with van der Waals surface area (Å²) in [5, 5.41) is 9.03. The highest BCUT2D eigenvalue weighted by Gasteiger charge is 2.13. The van der Waals surface area contributed by atoms with E-state index in [1.807, 2.05) is 6.92 Å². The van der Waals surface area contributed by atoms with Gasteiger partial charge >= 0.3 is 0 Å². The van der Waals surface area contributed by atoms with Crippen LogP contribution in [0.5, 0.6) is 11.6 Å². The van der Waals surface area contributed by atoms with Crippen molar-refractivity contribution in [3.63, 3.8) is 0 Å². The largest absolute Gasteiger partial charge is 0.506 e. The second kappa shape index (κ2) is 3.70. The molecule has 3 heteroatoms. The van der Waals surface area contributed by atoms with E-state index in [2.05, 4.69) is 4.98 Å². The molecule has 2 rings (SSSR count). The second-order valence-electron chi connectivity index (χ2n) is 3.47. The topological polar surface area (TPSA) is 42.4 Å². The van der Waals surface area contributed by atoms with Crippen LogP contribution in [-0.4, -0.2) is 10.1 Å². The van der Waals surface area contributed by atoms with Gasteiger partial charge in [-0.15, -0.1) is 0 Å². The van der Waals surface area contributed by atoms with Crippen molar-refractivity contribution >= 4 is 0 Å². The molecule has 0 saturated heterocycles. The normalized spacial score (nSPS) is 14.8. The molecule has 14 heavy (non-hydrogen) atoms. The van der Waals surface area contributed by atoms with Gasteiger partial charge in [-0.05, 0) is 37.8 Å². The number of nitrogens with zero attached hydrogens (tertiary/aromatic N) is 1. The van der Waals surface area contributed by atoms with Gasteiger partial charge < -0.3 is 9.84 Å². The number of aromatic nitrogens is 1. The Morgan fingerprint density at radius 2 is 2.21 bits per heavy atom. The first-order valence-corrected chi connectivity index (χ1v) is 4.77. The molecular weight excluding hydrogens is 178 g/mol. The molecule has 0 atom stereocenters. The Bertz CT molecular complexity index is 348. The Balaban J connectivity index is 2.07. The van der Waals surface area contributed by atoms with Gasteiger partial charge in [0.2, 0.25) is 5.88 Å². The SMILES string of the molecule is CC(Oc1ccc(O)cn1)=C1CCC1. The van der Waals surface area contributed by atoms with Crippen LogP contribution in [0.2, 0.25) is 0 Å². The molecule has 0 unspecified atom stereocenters. The lowest BCUT2D eigenvalue weighted by Crippen LogP contribution is -2.05. The summed E-state index contributed by atoms with van der Waals surface area (Å²) in [6.45, 7) is 1.96.